The molecule has 1 rings (SSSR count). The summed E-state index contributed by atoms with van der Waals surface area (Å²) in [6.07, 6.45) is 3.22. The minimum atomic E-state index is -0.211. The number of carbonyl (C=O) groups excluding carboxylic acids is 1. The van der Waals surface area contributed by atoms with Crippen LogP contribution in [0.15, 0.2) is 0 Å². The lowest BCUT2D eigenvalue weighted by atomic mass is 9.93. The van der Waals surface area contributed by atoms with E-state index in [2.05, 4.69) is 4.90 Å². The maximum atomic E-state index is 11.3. The molecule has 0 spiro atoms. The van der Waals surface area contributed by atoms with Gasteiger partial charge in [0.05, 0.1) is 12.7 Å². The first-order chi connectivity index (χ1) is 8.15. The van der Waals surface area contributed by atoms with E-state index in [1.807, 2.05) is 13.8 Å². The highest BCUT2D eigenvalue weighted by atomic mass is 16.5. The number of aliphatic hydroxyl groups excluding tert-OH is 1. The fourth-order valence-corrected chi connectivity index (χ4v) is 2.26. The number of nitrogens with zero attached hydrogens (tertiary/aromatic N) is 1. The van der Waals surface area contributed by atoms with E-state index in [4.69, 9.17) is 4.74 Å². The normalized spacial score (nSPS) is 20.2. The summed E-state index contributed by atoms with van der Waals surface area (Å²) in [6, 6.07) is 0. The highest BCUT2D eigenvalue weighted by molar-refractivity contribution is 5.69. The molecule has 0 amide bonds. The van der Waals surface area contributed by atoms with Crippen molar-refractivity contribution in [3.63, 3.8) is 0 Å². The quantitative estimate of drug-likeness (QED) is 0.717. The van der Waals surface area contributed by atoms with Gasteiger partial charge in [0, 0.05) is 13.0 Å². The van der Waals surface area contributed by atoms with Gasteiger partial charge in [-0.1, -0.05) is 6.92 Å². The summed E-state index contributed by atoms with van der Waals surface area (Å²) in [7, 11) is 0. The highest BCUT2D eigenvalue weighted by Crippen LogP contribution is 2.21. The van der Waals surface area contributed by atoms with E-state index in [-0.39, 0.29) is 12.1 Å². The van der Waals surface area contributed by atoms with Gasteiger partial charge < -0.3 is 14.7 Å². The van der Waals surface area contributed by atoms with Crippen molar-refractivity contribution in [1.29, 1.82) is 0 Å². The van der Waals surface area contributed by atoms with Gasteiger partial charge in [-0.25, -0.2) is 0 Å². The molecule has 1 fully saturated rings. The minimum Gasteiger partial charge on any atom is -0.466 e. The molecule has 1 heterocycles. The van der Waals surface area contributed by atoms with Crippen molar-refractivity contribution in [2.24, 2.45) is 5.92 Å². The van der Waals surface area contributed by atoms with Crippen LogP contribution in [-0.2, 0) is 9.53 Å². The third-order valence-corrected chi connectivity index (χ3v) is 3.41. The smallest absolute Gasteiger partial charge is 0.306 e. The van der Waals surface area contributed by atoms with Crippen molar-refractivity contribution in [2.75, 3.05) is 26.2 Å². The third kappa shape index (κ3) is 5.50. The number of esters is 1. The number of hydrogen-bond donors (Lipinski definition) is 1. The molecule has 4 nitrogen and oxygen atoms in total. The molecule has 0 aliphatic carbocycles. The molecule has 0 aromatic rings. The molecule has 100 valence electrons. The van der Waals surface area contributed by atoms with Crippen LogP contribution < -0.4 is 0 Å². The molecule has 1 aliphatic rings. The summed E-state index contributed by atoms with van der Waals surface area (Å²) in [4.78, 5) is 13.6. The van der Waals surface area contributed by atoms with Crippen molar-refractivity contribution in [2.45, 2.75) is 45.6 Å². The lowest BCUT2D eigenvalue weighted by Crippen LogP contribution is -2.39. The molecule has 17 heavy (non-hydrogen) atoms. The fraction of sp³-hybridized carbons (Fsp3) is 0.923. The lowest BCUT2D eigenvalue weighted by molar-refractivity contribution is -0.144. The molecule has 1 N–H and O–H groups in total. The molecule has 0 aromatic carbocycles. The first-order valence-electron chi connectivity index (χ1n) is 6.71. The molecular formula is C13H25NO3. The number of piperidine rings is 1. The standard InChI is InChI=1S/C13H25NO3/c1-3-12(15)10-14-7-5-11(6-8-14)9-13(16)17-4-2/h11-12,15H,3-10H2,1-2H3/t12-/m1/s1. The largest absolute Gasteiger partial charge is 0.466 e. The number of carbonyl (C=O) groups is 1. The van der Waals surface area contributed by atoms with E-state index in [0.29, 0.717) is 18.9 Å². The Balaban J connectivity index is 2.19. The Morgan fingerprint density at radius 3 is 2.59 bits per heavy atom. The van der Waals surface area contributed by atoms with Crippen molar-refractivity contribution in [3.8, 4) is 0 Å². The SMILES string of the molecule is CCOC(=O)CC1CCN(C[C@H](O)CC)CC1. The molecule has 1 atom stereocenters. The fourth-order valence-electron chi connectivity index (χ4n) is 2.26. The van der Waals surface area contributed by atoms with Gasteiger partial charge in [-0.05, 0) is 45.2 Å². The maximum Gasteiger partial charge on any atom is 0.306 e. The summed E-state index contributed by atoms with van der Waals surface area (Å²) in [6.45, 7) is 7.05. The zero-order valence-corrected chi connectivity index (χ0v) is 11.0. The number of hydrogen-bond acceptors (Lipinski definition) is 4. The number of ether oxygens (including phenoxy) is 1. The Morgan fingerprint density at radius 2 is 2.06 bits per heavy atom. The average Bonchev–Trinajstić information content (AvgIpc) is 2.32. The number of likely N-dealkylation sites (tertiary alicyclic amines) is 1. The summed E-state index contributed by atoms with van der Waals surface area (Å²) >= 11 is 0. The molecular weight excluding hydrogens is 218 g/mol. The predicted molar refractivity (Wildman–Crippen MR) is 66.7 cm³/mol. The van der Waals surface area contributed by atoms with Crippen molar-refractivity contribution < 1.29 is 14.6 Å². The van der Waals surface area contributed by atoms with Crippen LogP contribution in [0.2, 0.25) is 0 Å². The van der Waals surface area contributed by atoms with Crippen LogP contribution >= 0.6 is 0 Å². The molecule has 0 aromatic heterocycles. The van der Waals surface area contributed by atoms with Crippen LogP contribution in [0.25, 0.3) is 0 Å². The summed E-state index contributed by atoms with van der Waals surface area (Å²) in [5.41, 5.74) is 0. The van der Waals surface area contributed by atoms with E-state index in [0.717, 1.165) is 38.9 Å². The number of β-amino-alcohol motifs (C(OH)–C–C–N with tert-alkyl or cyclic N) is 1. The molecule has 0 bridgehead atoms. The average molecular weight is 243 g/mol. The van der Waals surface area contributed by atoms with Gasteiger partial charge in [-0.3, -0.25) is 4.79 Å². The Labute approximate surface area is 104 Å². The summed E-state index contributed by atoms with van der Waals surface area (Å²) in [5.74, 6) is 0.392. The lowest BCUT2D eigenvalue weighted by Gasteiger charge is -2.32. The third-order valence-electron chi connectivity index (χ3n) is 3.41. The number of aliphatic hydroxyl groups is 1. The van der Waals surface area contributed by atoms with E-state index in [1.54, 1.807) is 0 Å². The van der Waals surface area contributed by atoms with Gasteiger partial charge in [0.1, 0.15) is 0 Å². The van der Waals surface area contributed by atoms with Gasteiger partial charge >= 0.3 is 5.97 Å². The highest BCUT2D eigenvalue weighted by Gasteiger charge is 2.22. The van der Waals surface area contributed by atoms with Crippen molar-refractivity contribution >= 4 is 5.97 Å². The van der Waals surface area contributed by atoms with Crippen LogP contribution in [0.4, 0.5) is 0 Å². The Morgan fingerprint density at radius 1 is 1.41 bits per heavy atom. The van der Waals surface area contributed by atoms with Crippen LogP contribution in [0.5, 0.6) is 0 Å². The van der Waals surface area contributed by atoms with E-state index < -0.39 is 0 Å². The first-order valence-corrected chi connectivity index (χ1v) is 6.71. The molecule has 4 heteroatoms. The Hall–Kier alpha value is -0.610. The van der Waals surface area contributed by atoms with Crippen LogP contribution in [0, 0.1) is 5.92 Å². The topological polar surface area (TPSA) is 49.8 Å². The van der Waals surface area contributed by atoms with Gasteiger partial charge in [-0.15, -0.1) is 0 Å². The summed E-state index contributed by atoms with van der Waals surface area (Å²) < 4.78 is 4.96. The van der Waals surface area contributed by atoms with E-state index in [9.17, 15) is 9.90 Å². The Kier molecular flexibility index (Phi) is 6.52. The van der Waals surface area contributed by atoms with Crippen LogP contribution in [0.3, 0.4) is 0 Å². The minimum absolute atomic E-state index is 0.0699. The van der Waals surface area contributed by atoms with Gasteiger partial charge in [0.25, 0.3) is 0 Å². The number of rotatable bonds is 6. The molecule has 0 radical (unpaired) electrons. The zero-order valence-electron chi connectivity index (χ0n) is 11.0. The molecule has 0 saturated carbocycles. The van der Waals surface area contributed by atoms with E-state index >= 15 is 0 Å². The van der Waals surface area contributed by atoms with Crippen molar-refractivity contribution in [1.82, 2.24) is 4.90 Å². The molecule has 0 unspecified atom stereocenters. The second-order valence-electron chi connectivity index (χ2n) is 4.82. The second-order valence-corrected chi connectivity index (χ2v) is 4.82. The zero-order chi connectivity index (χ0) is 12.7. The Bertz CT molecular complexity index is 225. The van der Waals surface area contributed by atoms with Crippen LogP contribution in [-0.4, -0.2) is 48.3 Å². The predicted octanol–water partition coefficient (Wildman–Crippen LogP) is 1.42. The van der Waals surface area contributed by atoms with E-state index in [1.165, 1.54) is 0 Å². The van der Waals surface area contributed by atoms with Crippen molar-refractivity contribution in [3.05, 3.63) is 0 Å². The second kappa shape index (κ2) is 7.67. The summed E-state index contributed by atoms with van der Waals surface area (Å²) in [5, 5.41) is 9.58. The van der Waals surface area contributed by atoms with Gasteiger partial charge in [-0.2, -0.15) is 0 Å². The maximum absolute atomic E-state index is 11.3. The first kappa shape index (κ1) is 14.5. The van der Waals surface area contributed by atoms with Gasteiger partial charge in [0.2, 0.25) is 0 Å². The monoisotopic (exact) mass is 243 g/mol. The molecule has 1 saturated heterocycles. The van der Waals surface area contributed by atoms with Gasteiger partial charge in [0.15, 0.2) is 0 Å². The van der Waals surface area contributed by atoms with Crippen LogP contribution in [0.1, 0.15) is 39.5 Å². The molecule has 1 aliphatic heterocycles.